The number of non-ortho nitro benzene ring substituents is 1. The molecule has 0 aliphatic carbocycles. The van der Waals surface area contributed by atoms with Crippen LogP contribution in [0.3, 0.4) is 0 Å². The molecule has 0 unspecified atom stereocenters. The molecule has 0 spiro atoms. The topological polar surface area (TPSA) is 98.3 Å². The predicted molar refractivity (Wildman–Crippen MR) is 105 cm³/mol. The van der Waals surface area contributed by atoms with E-state index >= 15 is 0 Å². The summed E-state index contributed by atoms with van der Waals surface area (Å²) in [5, 5.41) is 14.5. The van der Waals surface area contributed by atoms with Crippen LogP contribution >= 0.6 is 0 Å². The molecule has 1 amide bonds. The molecule has 4 rings (SSSR count). The van der Waals surface area contributed by atoms with Crippen molar-refractivity contribution >= 4 is 28.2 Å². The van der Waals surface area contributed by atoms with Gasteiger partial charge in [0.1, 0.15) is 5.69 Å². The molecule has 2 aromatic carbocycles. The molecular weight excluding hydrogens is 358 g/mol. The lowest BCUT2D eigenvalue weighted by Gasteiger charge is -2.11. The molecule has 7 nitrogen and oxygen atoms in total. The van der Waals surface area contributed by atoms with Gasteiger partial charge in [-0.05, 0) is 36.8 Å². The van der Waals surface area contributed by atoms with E-state index in [4.69, 9.17) is 4.42 Å². The maximum Gasteiger partial charge on any atom is 0.271 e. The number of aryl methyl sites for hydroxylation is 1. The Labute approximate surface area is 159 Å². The SMILES string of the molecule is Cc1ccc([N+](=O)[O-])cc1NC(=O)c1cc(-c2ccco2)nc2ccccc12. The third kappa shape index (κ3) is 3.21. The summed E-state index contributed by atoms with van der Waals surface area (Å²) in [6.07, 6.45) is 1.54. The van der Waals surface area contributed by atoms with Crippen LogP contribution in [-0.2, 0) is 0 Å². The van der Waals surface area contributed by atoms with Crippen molar-refractivity contribution in [3.05, 3.63) is 88.2 Å². The number of carbonyl (C=O) groups is 1. The number of hydrogen-bond acceptors (Lipinski definition) is 5. The molecule has 4 aromatic rings. The van der Waals surface area contributed by atoms with Gasteiger partial charge in [0.2, 0.25) is 0 Å². The molecule has 0 aliphatic heterocycles. The standard InChI is InChI=1S/C21H15N3O4/c1-13-8-9-14(24(26)27)11-18(13)23-21(25)16-12-19(20-7-4-10-28-20)22-17-6-3-2-5-15(16)17/h2-12H,1H3,(H,23,25). The van der Waals surface area contributed by atoms with Gasteiger partial charge in [-0.25, -0.2) is 4.98 Å². The van der Waals surface area contributed by atoms with Gasteiger partial charge in [-0.3, -0.25) is 14.9 Å². The van der Waals surface area contributed by atoms with Gasteiger partial charge in [0.25, 0.3) is 11.6 Å². The minimum Gasteiger partial charge on any atom is -0.463 e. The average molecular weight is 373 g/mol. The molecular formula is C21H15N3O4. The minimum atomic E-state index is -0.494. The Kier molecular flexibility index (Phi) is 4.33. The van der Waals surface area contributed by atoms with Gasteiger partial charge in [0.15, 0.2) is 5.76 Å². The summed E-state index contributed by atoms with van der Waals surface area (Å²) in [6.45, 7) is 1.78. The average Bonchev–Trinajstić information content (AvgIpc) is 3.23. The van der Waals surface area contributed by atoms with Gasteiger partial charge in [-0.1, -0.05) is 24.3 Å². The van der Waals surface area contributed by atoms with Crippen molar-refractivity contribution in [2.45, 2.75) is 6.92 Å². The first-order valence-corrected chi connectivity index (χ1v) is 8.53. The number of anilines is 1. The maximum absolute atomic E-state index is 13.0. The molecule has 0 saturated carbocycles. The van der Waals surface area contributed by atoms with Gasteiger partial charge in [-0.15, -0.1) is 0 Å². The normalized spacial score (nSPS) is 10.8. The van der Waals surface area contributed by atoms with Crippen molar-refractivity contribution < 1.29 is 14.1 Å². The fraction of sp³-hybridized carbons (Fsp3) is 0.0476. The van der Waals surface area contributed by atoms with E-state index in [-0.39, 0.29) is 11.6 Å². The molecule has 0 radical (unpaired) electrons. The highest BCUT2D eigenvalue weighted by molar-refractivity contribution is 6.13. The molecule has 138 valence electrons. The number of hydrogen-bond donors (Lipinski definition) is 1. The van der Waals surface area contributed by atoms with Crippen LogP contribution in [0.15, 0.2) is 71.3 Å². The fourth-order valence-electron chi connectivity index (χ4n) is 2.96. The summed E-state index contributed by atoms with van der Waals surface area (Å²) < 4.78 is 5.41. The number of nitrogens with one attached hydrogen (secondary N) is 1. The molecule has 0 fully saturated rings. The second-order valence-corrected chi connectivity index (χ2v) is 6.26. The van der Waals surface area contributed by atoms with E-state index in [0.717, 1.165) is 5.56 Å². The van der Waals surface area contributed by atoms with Crippen LogP contribution in [0.2, 0.25) is 0 Å². The van der Waals surface area contributed by atoms with E-state index in [1.54, 1.807) is 37.5 Å². The van der Waals surface area contributed by atoms with Gasteiger partial charge in [0, 0.05) is 17.5 Å². The van der Waals surface area contributed by atoms with Crippen LogP contribution in [0.4, 0.5) is 11.4 Å². The molecule has 0 saturated heterocycles. The molecule has 7 heteroatoms. The molecule has 28 heavy (non-hydrogen) atoms. The van der Waals surface area contributed by atoms with E-state index in [1.165, 1.54) is 12.1 Å². The summed E-state index contributed by atoms with van der Waals surface area (Å²) in [6, 6.07) is 16.8. The van der Waals surface area contributed by atoms with Crippen LogP contribution in [-0.4, -0.2) is 15.8 Å². The Morgan fingerprint density at radius 3 is 2.68 bits per heavy atom. The zero-order chi connectivity index (χ0) is 19.7. The summed E-state index contributed by atoms with van der Waals surface area (Å²) in [5.41, 5.74) is 2.62. The largest absolute Gasteiger partial charge is 0.463 e. The number of carbonyl (C=O) groups excluding carboxylic acids is 1. The Bertz CT molecular complexity index is 1200. The number of nitro benzene ring substituents is 1. The van der Waals surface area contributed by atoms with Crippen molar-refractivity contribution in [2.75, 3.05) is 5.32 Å². The second-order valence-electron chi connectivity index (χ2n) is 6.26. The number of aromatic nitrogens is 1. The number of para-hydroxylation sites is 1. The Morgan fingerprint density at radius 2 is 1.93 bits per heavy atom. The molecule has 2 heterocycles. The first kappa shape index (κ1) is 17.4. The minimum absolute atomic E-state index is 0.0863. The van der Waals surface area contributed by atoms with Crippen molar-refractivity contribution in [1.82, 2.24) is 4.98 Å². The highest BCUT2D eigenvalue weighted by atomic mass is 16.6. The van der Waals surface area contributed by atoms with Gasteiger partial charge in [0.05, 0.1) is 28.0 Å². The Morgan fingerprint density at radius 1 is 1.11 bits per heavy atom. The van der Waals surface area contributed by atoms with E-state index in [1.807, 2.05) is 24.3 Å². The summed E-state index contributed by atoms with van der Waals surface area (Å²) >= 11 is 0. The van der Waals surface area contributed by atoms with Gasteiger partial charge >= 0.3 is 0 Å². The van der Waals surface area contributed by atoms with E-state index < -0.39 is 4.92 Å². The third-order valence-electron chi connectivity index (χ3n) is 4.41. The monoisotopic (exact) mass is 373 g/mol. The number of rotatable bonds is 4. The quantitative estimate of drug-likeness (QED) is 0.402. The highest BCUT2D eigenvalue weighted by Crippen LogP contribution is 2.27. The number of furan rings is 1. The van der Waals surface area contributed by atoms with Gasteiger partial charge < -0.3 is 9.73 Å². The lowest BCUT2D eigenvalue weighted by Crippen LogP contribution is -2.14. The molecule has 0 bridgehead atoms. The fourth-order valence-corrected chi connectivity index (χ4v) is 2.96. The number of amides is 1. The first-order valence-electron chi connectivity index (χ1n) is 8.53. The van der Waals surface area contributed by atoms with Crippen LogP contribution in [0.5, 0.6) is 0 Å². The smallest absolute Gasteiger partial charge is 0.271 e. The second kappa shape index (κ2) is 6.96. The highest BCUT2D eigenvalue weighted by Gasteiger charge is 2.17. The van der Waals surface area contributed by atoms with E-state index in [9.17, 15) is 14.9 Å². The number of nitrogens with zero attached hydrogens (tertiary/aromatic N) is 2. The summed E-state index contributed by atoms with van der Waals surface area (Å²) in [5.74, 6) is 0.168. The van der Waals surface area contributed by atoms with Crippen LogP contribution in [0, 0.1) is 17.0 Å². The van der Waals surface area contributed by atoms with Crippen molar-refractivity contribution in [3.63, 3.8) is 0 Å². The maximum atomic E-state index is 13.0. The third-order valence-corrected chi connectivity index (χ3v) is 4.41. The molecule has 1 N–H and O–H groups in total. The van der Waals surface area contributed by atoms with Gasteiger partial charge in [-0.2, -0.15) is 0 Å². The molecule has 2 aromatic heterocycles. The number of nitro groups is 1. The van der Waals surface area contributed by atoms with Crippen LogP contribution in [0.1, 0.15) is 15.9 Å². The van der Waals surface area contributed by atoms with Crippen LogP contribution in [0.25, 0.3) is 22.4 Å². The Hall–Kier alpha value is -4.00. The van der Waals surface area contributed by atoms with E-state index in [0.29, 0.717) is 33.6 Å². The summed E-state index contributed by atoms with van der Waals surface area (Å²) in [4.78, 5) is 28.2. The zero-order valence-electron chi connectivity index (χ0n) is 14.9. The number of benzene rings is 2. The lowest BCUT2D eigenvalue weighted by atomic mass is 10.1. The van der Waals surface area contributed by atoms with Crippen LogP contribution < -0.4 is 5.32 Å². The van der Waals surface area contributed by atoms with Crippen molar-refractivity contribution in [1.29, 1.82) is 0 Å². The molecule has 0 aliphatic rings. The van der Waals surface area contributed by atoms with E-state index in [2.05, 4.69) is 10.3 Å². The zero-order valence-corrected chi connectivity index (χ0v) is 14.9. The van der Waals surface area contributed by atoms with Crippen molar-refractivity contribution in [3.8, 4) is 11.5 Å². The molecule has 0 atom stereocenters. The Balaban J connectivity index is 1.79. The van der Waals surface area contributed by atoms with Crippen molar-refractivity contribution in [2.24, 2.45) is 0 Å². The summed E-state index contributed by atoms with van der Waals surface area (Å²) in [7, 11) is 0. The predicted octanol–water partition coefficient (Wildman–Crippen LogP) is 4.96. The lowest BCUT2D eigenvalue weighted by molar-refractivity contribution is -0.384. The number of pyridine rings is 1. The number of fused-ring (bicyclic) bond motifs is 1. The first-order chi connectivity index (χ1) is 13.5.